The maximum absolute atomic E-state index is 3.50. The quantitative estimate of drug-likeness (QED) is 0.422. The van der Waals surface area contributed by atoms with E-state index in [0.717, 1.165) is 4.54 Å². The van der Waals surface area contributed by atoms with Crippen LogP contribution in [0.25, 0.3) is 0 Å². The average Bonchev–Trinajstić information content (AvgIpc) is 1.86. The van der Waals surface area contributed by atoms with Crippen molar-refractivity contribution in [3.05, 3.63) is 0 Å². The third kappa shape index (κ3) is 0.584. The second-order valence-electron chi connectivity index (χ2n) is 0.772. The Morgan fingerprint density at radius 2 is 2.50 bits per heavy atom. The van der Waals surface area contributed by atoms with E-state index in [9.17, 15) is 0 Å². The van der Waals surface area contributed by atoms with Crippen molar-refractivity contribution in [2.24, 2.45) is 15.4 Å². The summed E-state index contributed by atoms with van der Waals surface area (Å²) in [5, 5.41) is 10.2. The van der Waals surface area contributed by atoms with Crippen LogP contribution in [0.15, 0.2) is 15.4 Å². The van der Waals surface area contributed by atoms with E-state index in [0.29, 0.717) is 0 Å². The van der Waals surface area contributed by atoms with E-state index in [1.807, 2.05) is 0 Å². The van der Waals surface area contributed by atoms with Crippen LogP contribution in [0.1, 0.15) is 0 Å². The van der Waals surface area contributed by atoms with Gasteiger partial charge < -0.3 is 0 Å². The number of nitrogens with zero attached hydrogens (tertiary/aromatic N) is 3. The Balaban J connectivity index is 2.86. The van der Waals surface area contributed by atoms with Gasteiger partial charge in [-0.1, -0.05) is 0 Å². The Morgan fingerprint density at radius 1 is 1.67 bits per heavy atom. The van der Waals surface area contributed by atoms with Gasteiger partial charge in [-0.3, -0.25) is 0 Å². The second kappa shape index (κ2) is 1.41. The van der Waals surface area contributed by atoms with E-state index in [4.69, 9.17) is 0 Å². The van der Waals surface area contributed by atoms with E-state index in [1.54, 1.807) is 6.21 Å². The van der Waals surface area contributed by atoms with Gasteiger partial charge in [0.2, 0.25) is 0 Å². The van der Waals surface area contributed by atoms with E-state index >= 15 is 0 Å². The summed E-state index contributed by atoms with van der Waals surface area (Å²) in [4.78, 5) is 0. The molecule has 4 heteroatoms. The summed E-state index contributed by atoms with van der Waals surface area (Å²) < 4.78 is 0.745. The van der Waals surface area contributed by atoms with Crippen LogP contribution in [-0.4, -0.2) is 26.3 Å². The van der Waals surface area contributed by atoms with E-state index < -0.39 is 0 Å². The zero-order valence-electron chi connectivity index (χ0n) is 2.83. The van der Waals surface area contributed by atoms with Gasteiger partial charge >= 0.3 is 41.8 Å². The van der Waals surface area contributed by atoms with Crippen LogP contribution in [0, 0.1) is 0 Å². The Kier molecular flexibility index (Phi) is 0.900. The first-order valence-electron chi connectivity index (χ1n) is 1.37. The summed E-state index contributed by atoms with van der Waals surface area (Å²) >= 11 is 2.65. The van der Waals surface area contributed by atoms with Gasteiger partial charge in [-0.05, 0) is 0 Å². The fraction of sp³-hybridized carbons (Fsp3) is 0. The molecule has 1 aliphatic heterocycles. The predicted octanol–water partition coefficient (Wildman–Crippen LogP) is -0.264. The van der Waals surface area contributed by atoms with Gasteiger partial charge in [0.15, 0.2) is 0 Å². The summed E-state index contributed by atoms with van der Waals surface area (Å²) in [7, 11) is 0. The van der Waals surface area contributed by atoms with Crippen molar-refractivity contribution in [3.63, 3.8) is 0 Å². The van der Waals surface area contributed by atoms with Crippen molar-refractivity contribution < 1.29 is 0 Å². The van der Waals surface area contributed by atoms with Gasteiger partial charge in [0.25, 0.3) is 0 Å². The first-order chi connectivity index (χ1) is 2.89. The zero-order valence-corrected chi connectivity index (χ0v) is 4.54. The minimum atomic E-state index is 0.745. The summed E-state index contributed by atoms with van der Waals surface area (Å²) in [5.41, 5.74) is 0. The number of hydrogen-bond donors (Lipinski definition) is 0. The molecule has 1 rings (SSSR count). The van der Waals surface area contributed by atoms with Gasteiger partial charge in [-0.2, -0.15) is 0 Å². The summed E-state index contributed by atoms with van der Waals surface area (Å²) in [6, 6.07) is 0. The van der Waals surface area contributed by atoms with Gasteiger partial charge in [0.05, 0.1) is 0 Å². The normalized spacial score (nSPS) is 17.0. The SMILES string of the molecule is [Se]=C1C=NN=N1. The molecular weight excluding hydrogens is 145 g/mol. The van der Waals surface area contributed by atoms with Crippen molar-refractivity contribution in [1.82, 2.24) is 0 Å². The maximum atomic E-state index is 3.50. The van der Waals surface area contributed by atoms with Crippen LogP contribution >= 0.6 is 0 Å². The monoisotopic (exact) mass is 147 g/mol. The second-order valence-corrected chi connectivity index (χ2v) is 1.65. The molecule has 0 N–H and O–H groups in total. The summed E-state index contributed by atoms with van der Waals surface area (Å²) in [6.07, 6.45) is 1.56. The van der Waals surface area contributed by atoms with Gasteiger partial charge in [0.1, 0.15) is 0 Å². The Bertz CT molecular complexity index is 111. The van der Waals surface area contributed by atoms with E-state index in [1.165, 1.54) is 0 Å². The zero-order chi connectivity index (χ0) is 4.41. The van der Waals surface area contributed by atoms with Crippen molar-refractivity contribution in [2.45, 2.75) is 0 Å². The van der Waals surface area contributed by atoms with Crippen LogP contribution in [-0.2, 0) is 0 Å². The molecule has 0 saturated heterocycles. The molecule has 0 aromatic carbocycles. The minimum absolute atomic E-state index is 0.745. The molecular formula is C2HN3Se. The van der Waals surface area contributed by atoms with Gasteiger partial charge in [-0.15, -0.1) is 0 Å². The van der Waals surface area contributed by atoms with Crippen LogP contribution in [0.3, 0.4) is 0 Å². The predicted molar refractivity (Wildman–Crippen MR) is 24.1 cm³/mol. The molecule has 0 atom stereocenters. The van der Waals surface area contributed by atoms with Crippen molar-refractivity contribution >= 4 is 26.3 Å². The molecule has 0 unspecified atom stereocenters. The molecule has 0 spiro atoms. The van der Waals surface area contributed by atoms with Crippen molar-refractivity contribution in [3.8, 4) is 0 Å². The molecule has 0 aliphatic carbocycles. The summed E-state index contributed by atoms with van der Waals surface area (Å²) in [6.45, 7) is 0. The van der Waals surface area contributed by atoms with Crippen LogP contribution < -0.4 is 0 Å². The van der Waals surface area contributed by atoms with Crippen molar-refractivity contribution in [2.75, 3.05) is 0 Å². The molecule has 1 aliphatic rings. The molecule has 6 heavy (non-hydrogen) atoms. The first-order valence-corrected chi connectivity index (χ1v) is 2.23. The molecule has 0 amide bonds. The van der Waals surface area contributed by atoms with Crippen LogP contribution in [0.2, 0.25) is 0 Å². The van der Waals surface area contributed by atoms with E-state index in [2.05, 4.69) is 31.0 Å². The summed E-state index contributed by atoms with van der Waals surface area (Å²) in [5.74, 6) is 0. The first kappa shape index (κ1) is 3.84. The third-order valence-corrected chi connectivity index (χ3v) is 0.756. The topological polar surface area (TPSA) is 37.1 Å². The number of hydrogen-bond acceptors (Lipinski definition) is 3. The van der Waals surface area contributed by atoms with Crippen LogP contribution in [0.4, 0.5) is 0 Å². The fourth-order valence-electron chi connectivity index (χ4n) is 0.171. The average molecular weight is 146 g/mol. The molecule has 0 radical (unpaired) electrons. The Hall–Kier alpha value is -0.341. The Morgan fingerprint density at radius 3 is 2.67 bits per heavy atom. The van der Waals surface area contributed by atoms with Gasteiger partial charge in [-0.25, -0.2) is 0 Å². The molecule has 0 fully saturated rings. The van der Waals surface area contributed by atoms with Crippen LogP contribution in [0.5, 0.6) is 0 Å². The standard InChI is InChI=1S/C2HN3Se/c6-2-1-3-5-4-2/h1H. The van der Waals surface area contributed by atoms with Crippen molar-refractivity contribution in [1.29, 1.82) is 0 Å². The fourth-order valence-corrected chi connectivity index (χ4v) is 0.346. The molecule has 30 valence electrons. The molecule has 0 bridgehead atoms. The molecule has 0 saturated carbocycles. The molecule has 0 aromatic heterocycles. The number of rotatable bonds is 0. The van der Waals surface area contributed by atoms with Gasteiger partial charge in [0, 0.05) is 0 Å². The van der Waals surface area contributed by atoms with E-state index in [-0.39, 0.29) is 0 Å². The molecule has 0 aromatic rings. The molecule has 3 nitrogen and oxygen atoms in total. The Labute approximate surface area is 42.5 Å². The third-order valence-electron chi connectivity index (χ3n) is 0.363. The molecule has 1 heterocycles.